The fraction of sp³-hybridized carbons (Fsp3) is 0.200. The Morgan fingerprint density at radius 2 is 1.75 bits per heavy atom. The van der Waals surface area contributed by atoms with Crippen LogP contribution in [0.1, 0.15) is 18.1 Å². The smallest absolute Gasteiger partial charge is 0.127 e. The minimum atomic E-state index is -0.744. The molecule has 0 spiro atoms. The average Bonchev–Trinajstić information content (AvgIpc) is 2.32. The molecule has 1 nitrogen and oxygen atoms in total. The molecule has 0 radical (unpaired) electrons. The van der Waals surface area contributed by atoms with Gasteiger partial charge in [0.15, 0.2) is 0 Å². The number of halogens is 4. The van der Waals surface area contributed by atoms with Crippen molar-refractivity contribution in [3.8, 4) is 0 Å². The van der Waals surface area contributed by atoms with E-state index in [1.165, 1.54) is 6.07 Å². The molecule has 0 aliphatic rings. The molecule has 0 fully saturated rings. The van der Waals surface area contributed by atoms with Gasteiger partial charge in [-0.15, -0.1) is 0 Å². The van der Waals surface area contributed by atoms with Crippen LogP contribution in [0.15, 0.2) is 45.3 Å². The van der Waals surface area contributed by atoms with E-state index in [4.69, 9.17) is 17.3 Å². The van der Waals surface area contributed by atoms with Gasteiger partial charge in [0.05, 0.1) is 0 Å². The second-order valence-electron chi connectivity index (χ2n) is 4.95. The van der Waals surface area contributed by atoms with Gasteiger partial charge in [0.1, 0.15) is 5.82 Å². The summed E-state index contributed by atoms with van der Waals surface area (Å²) < 4.78 is 15.5. The lowest BCUT2D eigenvalue weighted by atomic mass is 9.86. The van der Waals surface area contributed by atoms with E-state index in [9.17, 15) is 4.39 Å². The lowest BCUT2D eigenvalue weighted by Crippen LogP contribution is -2.36. The number of rotatable bonds is 3. The predicted octanol–water partition coefficient (Wildman–Crippen LogP) is 5.42. The first-order valence-electron chi connectivity index (χ1n) is 5.98. The Kier molecular flexibility index (Phi) is 4.90. The van der Waals surface area contributed by atoms with E-state index in [2.05, 4.69) is 31.9 Å². The average molecular weight is 422 g/mol. The van der Waals surface area contributed by atoms with Crippen molar-refractivity contribution in [2.24, 2.45) is 5.73 Å². The highest BCUT2D eigenvalue weighted by atomic mass is 79.9. The second kappa shape index (κ2) is 6.14. The van der Waals surface area contributed by atoms with Crippen molar-refractivity contribution in [2.45, 2.75) is 18.9 Å². The summed E-state index contributed by atoms with van der Waals surface area (Å²) in [4.78, 5) is 0. The Labute approximate surface area is 139 Å². The van der Waals surface area contributed by atoms with Crippen LogP contribution in [0.2, 0.25) is 5.02 Å². The Morgan fingerprint density at radius 3 is 2.35 bits per heavy atom. The minimum Gasteiger partial charge on any atom is -0.321 e. The topological polar surface area (TPSA) is 26.0 Å². The van der Waals surface area contributed by atoms with Gasteiger partial charge in [-0.05, 0) is 48.7 Å². The zero-order chi connectivity index (χ0) is 14.9. The highest BCUT2D eigenvalue weighted by molar-refractivity contribution is 9.10. The number of benzene rings is 2. The molecule has 0 saturated heterocycles. The van der Waals surface area contributed by atoms with Crippen LogP contribution in [-0.4, -0.2) is 0 Å². The zero-order valence-corrected chi connectivity index (χ0v) is 14.7. The van der Waals surface area contributed by atoms with E-state index in [-0.39, 0.29) is 5.82 Å². The summed E-state index contributed by atoms with van der Waals surface area (Å²) in [5, 5.41) is 0.571. The van der Waals surface area contributed by atoms with Crippen LogP contribution < -0.4 is 5.73 Å². The molecule has 0 heterocycles. The molecule has 2 N–H and O–H groups in total. The third-order valence-corrected chi connectivity index (χ3v) is 4.42. The highest BCUT2D eigenvalue weighted by Crippen LogP contribution is 2.32. The summed E-state index contributed by atoms with van der Waals surface area (Å²) in [7, 11) is 0. The Hall–Kier alpha value is -0.420. The van der Waals surface area contributed by atoms with E-state index >= 15 is 0 Å². The Morgan fingerprint density at radius 1 is 1.15 bits per heavy atom. The number of nitrogens with two attached hydrogens (primary N) is 1. The molecule has 0 aromatic heterocycles. The molecule has 106 valence electrons. The van der Waals surface area contributed by atoms with Gasteiger partial charge in [-0.1, -0.05) is 55.6 Å². The maximum absolute atomic E-state index is 13.9. The van der Waals surface area contributed by atoms with E-state index in [1.54, 1.807) is 18.2 Å². The van der Waals surface area contributed by atoms with Gasteiger partial charge >= 0.3 is 0 Å². The van der Waals surface area contributed by atoms with Crippen LogP contribution in [0.25, 0.3) is 0 Å². The van der Waals surface area contributed by atoms with Gasteiger partial charge in [0.25, 0.3) is 0 Å². The van der Waals surface area contributed by atoms with Crippen molar-refractivity contribution in [1.82, 2.24) is 0 Å². The molecule has 0 saturated carbocycles. The first kappa shape index (κ1) is 16.0. The minimum absolute atomic E-state index is 0.274. The molecule has 0 aliphatic heterocycles. The molecule has 0 amide bonds. The molecule has 2 rings (SSSR count). The third-order valence-electron chi connectivity index (χ3n) is 3.12. The van der Waals surface area contributed by atoms with Crippen LogP contribution in [0.3, 0.4) is 0 Å². The second-order valence-corrected chi connectivity index (χ2v) is 7.19. The van der Waals surface area contributed by atoms with Gasteiger partial charge in [-0.3, -0.25) is 0 Å². The van der Waals surface area contributed by atoms with Crippen molar-refractivity contribution in [2.75, 3.05) is 0 Å². The highest BCUT2D eigenvalue weighted by Gasteiger charge is 2.25. The van der Waals surface area contributed by atoms with Gasteiger partial charge < -0.3 is 5.73 Å². The van der Waals surface area contributed by atoms with Crippen LogP contribution in [-0.2, 0) is 12.0 Å². The zero-order valence-electron chi connectivity index (χ0n) is 10.8. The largest absolute Gasteiger partial charge is 0.321 e. The fourth-order valence-corrected chi connectivity index (χ4v) is 3.33. The molecule has 0 aliphatic carbocycles. The predicted molar refractivity (Wildman–Crippen MR) is 88.5 cm³/mol. The molecule has 1 atom stereocenters. The SMILES string of the molecule is CC(N)(Cc1ccc(Br)cc1F)c1ccc(Br)cc1Cl. The summed E-state index contributed by atoms with van der Waals surface area (Å²) in [6, 6.07) is 10.5. The third kappa shape index (κ3) is 3.61. The van der Waals surface area contributed by atoms with Crippen LogP contribution in [0.5, 0.6) is 0 Å². The lowest BCUT2D eigenvalue weighted by molar-refractivity contribution is 0.475. The number of hydrogen-bond donors (Lipinski definition) is 1. The van der Waals surface area contributed by atoms with Crippen LogP contribution in [0, 0.1) is 5.82 Å². The van der Waals surface area contributed by atoms with Gasteiger partial charge in [0, 0.05) is 19.5 Å². The molecule has 0 bridgehead atoms. The van der Waals surface area contributed by atoms with E-state index in [0.717, 1.165) is 10.0 Å². The maximum atomic E-state index is 13.9. The van der Waals surface area contributed by atoms with Gasteiger partial charge in [0.2, 0.25) is 0 Å². The summed E-state index contributed by atoms with van der Waals surface area (Å²) in [5.41, 5.74) is 6.97. The maximum Gasteiger partial charge on any atom is 0.127 e. The van der Waals surface area contributed by atoms with Crippen molar-refractivity contribution < 1.29 is 4.39 Å². The monoisotopic (exact) mass is 419 g/mol. The van der Waals surface area contributed by atoms with Crippen LogP contribution >= 0.6 is 43.5 Å². The Bertz CT molecular complexity index is 644. The van der Waals surface area contributed by atoms with Crippen molar-refractivity contribution >= 4 is 43.5 Å². The van der Waals surface area contributed by atoms with Crippen LogP contribution in [0.4, 0.5) is 4.39 Å². The summed E-state index contributed by atoms with van der Waals surface area (Å²) in [5.74, 6) is -0.274. The summed E-state index contributed by atoms with van der Waals surface area (Å²) >= 11 is 12.8. The normalized spacial score (nSPS) is 14.1. The first-order valence-corrected chi connectivity index (χ1v) is 7.94. The molecular weight excluding hydrogens is 408 g/mol. The molecule has 20 heavy (non-hydrogen) atoms. The Balaban J connectivity index is 2.35. The van der Waals surface area contributed by atoms with E-state index in [1.807, 2.05) is 19.1 Å². The van der Waals surface area contributed by atoms with Crippen molar-refractivity contribution in [3.05, 3.63) is 67.3 Å². The van der Waals surface area contributed by atoms with Crippen molar-refractivity contribution in [3.63, 3.8) is 0 Å². The fourth-order valence-electron chi connectivity index (χ4n) is 2.11. The molecule has 2 aromatic carbocycles. The molecule has 2 aromatic rings. The van der Waals surface area contributed by atoms with Crippen molar-refractivity contribution in [1.29, 1.82) is 0 Å². The molecule has 1 unspecified atom stereocenters. The van der Waals surface area contributed by atoms with Gasteiger partial charge in [-0.25, -0.2) is 4.39 Å². The standard InChI is InChI=1S/C15H13Br2ClFN/c1-15(20,12-5-4-10(16)6-13(12)18)8-9-2-3-11(17)7-14(9)19/h2-7H,8,20H2,1H3. The van der Waals surface area contributed by atoms with Gasteiger partial charge in [-0.2, -0.15) is 0 Å². The summed E-state index contributed by atoms with van der Waals surface area (Å²) in [6.07, 6.45) is 0.369. The lowest BCUT2D eigenvalue weighted by Gasteiger charge is -2.27. The van der Waals surface area contributed by atoms with E-state index in [0.29, 0.717) is 21.5 Å². The summed E-state index contributed by atoms with van der Waals surface area (Å²) in [6.45, 7) is 1.85. The number of hydrogen-bond acceptors (Lipinski definition) is 1. The molecule has 5 heteroatoms. The molecular formula is C15H13Br2ClFN. The van der Waals surface area contributed by atoms with E-state index < -0.39 is 5.54 Å². The quantitative estimate of drug-likeness (QED) is 0.704. The first-order chi connectivity index (χ1) is 9.29.